The van der Waals surface area contributed by atoms with Crippen LogP contribution in [0.2, 0.25) is 0 Å². The number of aliphatic carboxylic acids is 1. The van der Waals surface area contributed by atoms with Crippen molar-refractivity contribution in [3.8, 4) is 0 Å². The maximum Gasteiger partial charge on any atom is 0.407 e. The highest BCUT2D eigenvalue weighted by Gasteiger charge is 2.36. The summed E-state index contributed by atoms with van der Waals surface area (Å²) in [6.45, 7) is 6.00. The van der Waals surface area contributed by atoms with Crippen LogP contribution in [0, 0.1) is 5.41 Å². The number of carboxylic acids is 1. The Hall–Kier alpha value is -2.04. The second-order valence-corrected chi connectivity index (χ2v) is 6.38. The molecule has 2 N–H and O–H groups in total. The zero-order valence-corrected chi connectivity index (χ0v) is 14.2. The van der Waals surface area contributed by atoms with Gasteiger partial charge in [0.2, 0.25) is 0 Å². The van der Waals surface area contributed by atoms with E-state index in [0.717, 1.165) is 24.8 Å². The molecule has 0 heterocycles. The third-order valence-corrected chi connectivity index (χ3v) is 3.92. The molecule has 0 spiro atoms. The minimum absolute atomic E-state index is 0.305. The van der Waals surface area contributed by atoms with Gasteiger partial charge in [-0.1, -0.05) is 57.5 Å². The van der Waals surface area contributed by atoms with Crippen LogP contribution in [0.5, 0.6) is 0 Å². The number of rotatable bonds is 9. The van der Waals surface area contributed by atoms with Gasteiger partial charge in [0.05, 0.1) is 6.61 Å². The number of alkyl carbamates (subject to hydrolysis) is 1. The molecule has 0 bridgehead atoms. The number of hydrogen-bond donors (Lipinski definition) is 2. The molecule has 1 atom stereocenters. The average Bonchev–Trinajstić information content (AvgIpc) is 2.51. The lowest BCUT2D eigenvalue weighted by Gasteiger charge is -2.31. The fraction of sp³-hybridized carbons (Fsp3) is 0.556. The number of carbonyl (C=O) groups excluding carboxylic acids is 1. The average molecular weight is 321 g/mol. The molecule has 0 aliphatic rings. The molecule has 0 saturated carbocycles. The van der Waals surface area contributed by atoms with Crippen LogP contribution in [0.15, 0.2) is 30.3 Å². The highest BCUT2D eigenvalue weighted by molar-refractivity contribution is 5.80. The third kappa shape index (κ3) is 6.72. The van der Waals surface area contributed by atoms with Crippen LogP contribution in [0.1, 0.15) is 45.6 Å². The van der Waals surface area contributed by atoms with Crippen LogP contribution < -0.4 is 5.32 Å². The Morgan fingerprint density at radius 1 is 1.26 bits per heavy atom. The molecule has 0 aromatic heterocycles. The Morgan fingerprint density at radius 3 is 2.48 bits per heavy atom. The zero-order chi connectivity index (χ0) is 17.3. The van der Waals surface area contributed by atoms with Gasteiger partial charge in [-0.25, -0.2) is 9.59 Å². The first kappa shape index (κ1) is 19.0. The summed E-state index contributed by atoms with van der Waals surface area (Å²) in [5, 5.41) is 11.9. The number of carboxylic acid groups (broad SMARTS) is 1. The van der Waals surface area contributed by atoms with Gasteiger partial charge in [0, 0.05) is 0 Å². The summed E-state index contributed by atoms with van der Waals surface area (Å²) >= 11 is 0. The summed E-state index contributed by atoms with van der Waals surface area (Å²) in [5.41, 5.74) is 0.557. The molecule has 0 aliphatic carbocycles. The SMILES string of the molecule is CCCCOC(=O)NC(C(=O)O)C(C)(C)CCc1ccccc1. The van der Waals surface area contributed by atoms with Crippen molar-refractivity contribution in [3.63, 3.8) is 0 Å². The lowest BCUT2D eigenvalue weighted by molar-refractivity contribution is -0.142. The van der Waals surface area contributed by atoms with Gasteiger partial charge in [0.15, 0.2) is 0 Å². The topological polar surface area (TPSA) is 75.6 Å². The molecule has 1 rings (SSSR count). The van der Waals surface area contributed by atoms with Crippen LogP contribution in [0.4, 0.5) is 4.79 Å². The van der Waals surface area contributed by atoms with Crippen LogP contribution in [-0.2, 0) is 16.0 Å². The number of amides is 1. The summed E-state index contributed by atoms with van der Waals surface area (Å²) in [6, 6.07) is 8.90. The number of unbranched alkanes of at least 4 members (excludes halogenated alkanes) is 1. The Morgan fingerprint density at radius 2 is 1.91 bits per heavy atom. The number of benzene rings is 1. The van der Waals surface area contributed by atoms with E-state index in [0.29, 0.717) is 13.0 Å². The van der Waals surface area contributed by atoms with Gasteiger partial charge >= 0.3 is 12.1 Å². The van der Waals surface area contributed by atoms with E-state index >= 15 is 0 Å². The van der Waals surface area contributed by atoms with E-state index < -0.39 is 23.5 Å². The fourth-order valence-electron chi connectivity index (χ4n) is 2.32. The van der Waals surface area contributed by atoms with Gasteiger partial charge in [-0.05, 0) is 30.2 Å². The van der Waals surface area contributed by atoms with Gasteiger partial charge in [-0.15, -0.1) is 0 Å². The second kappa shape index (κ2) is 9.18. The normalized spacial score (nSPS) is 12.5. The number of hydrogen-bond acceptors (Lipinski definition) is 3. The van der Waals surface area contributed by atoms with Crippen molar-refractivity contribution in [2.75, 3.05) is 6.61 Å². The summed E-state index contributed by atoms with van der Waals surface area (Å²) < 4.78 is 5.01. The van der Waals surface area contributed by atoms with Crippen molar-refractivity contribution in [2.24, 2.45) is 5.41 Å². The molecule has 0 aliphatic heterocycles. The van der Waals surface area contributed by atoms with Crippen molar-refractivity contribution < 1.29 is 19.4 Å². The van der Waals surface area contributed by atoms with Crippen molar-refractivity contribution in [1.29, 1.82) is 0 Å². The lowest BCUT2D eigenvalue weighted by Crippen LogP contribution is -2.50. The molecular formula is C18H27NO4. The molecule has 1 unspecified atom stereocenters. The Kier molecular flexibility index (Phi) is 7.59. The van der Waals surface area contributed by atoms with Crippen LogP contribution in [0.3, 0.4) is 0 Å². The first-order valence-corrected chi connectivity index (χ1v) is 8.07. The maximum absolute atomic E-state index is 11.8. The van der Waals surface area contributed by atoms with Crippen LogP contribution >= 0.6 is 0 Å². The van der Waals surface area contributed by atoms with Gasteiger partial charge < -0.3 is 15.2 Å². The first-order chi connectivity index (χ1) is 10.9. The third-order valence-electron chi connectivity index (χ3n) is 3.92. The van der Waals surface area contributed by atoms with E-state index in [1.807, 2.05) is 51.1 Å². The number of aryl methyl sites for hydroxylation is 1. The van der Waals surface area contributed by atoms with Crippen LogP contribution in [0.25, 0.3) is 0 Å². The summed E-state index contributed by atoms with van der Waals surface area (Å²) in [6.07, 6.45) is 2.41. The van der Waals surface area contributed by atoms with E-state index in [1.54, 1.807) is 0 Å². The van der Waals surface area contributed by atoms with E-state index in [4.69, 9.17) is 4.74 Å². The van der Waals surface area contributed by atoms with Crippen LogP contribution in [-0.4, -0.2) is 29.8 Å². The standard InChI is InChI=1S/C18H27NO4/c1-4-5-13-23-17(22)19-15(16(20)21)18(2,3)12-11-14-9-7-6-8-10-14/h6-10,15H,4-5,11-13H2,1-3H3,(H,19,22)(H,20,21). The van der Waals surface area contributed by atoms with E-state index in [9.17, 15) is 14.7 Å². The largest absolute Gasteiger partial charge is 0.480 e. The van der Waals surface area contributed by atoms with Crippen molar-refractivity contribution >= 4 is 12.1 Å². The van der Waals surface area contributed by atoms with Gasteiger partial charge in [0.1, 0.15) is 6.04 Å². The minimum atomic E-state index is -1.05. The Bertz CT molecular complexity index is 499. The monoisotopic (exact) mass is 321 g/mol. The molecule has 1 aromatic carbocycles. The molecule has 1 aromatic rings. The maximum atomic E-state index is 11.8. The van der Waals surface area contributed by atoms with Crippen molar-refractivity contribution in [3.05, 3.63) is 35.9 Å². The zero-order valence-electron chi connectivity index (χ0n) is 14.2. The van der Waals surface area contributed by atoms with Gasteiger partial charge in [0.25, 0.3) is 0 Å². The first-order valence-electron chi connectivity index (χ1n) is 8.07. The number of ether oxygens (including phenoxy) is 1. The molecule has 5 heteroatoms. The minimum Gasteiger partial charge on any atom is -0.480 e. The van der Waals surface area contributed by atoms with Crippen molar-refractivity contribution in [2.45, 2.75) is 52.5 Å². The summed E-state index contributed by atoms with van der Waals surface area (Å²) in [7, 11) is 0. The number of carbonyl (C=O) groups is 2. The predicted octanol–water partition coefficient (Wildman–Crippen LogP) is 3.62. The predicted molar refractivity (Wildman–Crippen MR) is 89.4 cm³/mol. The van der Waals surface area contributed by atoms with E-state index in [-0.39, 0.29) is 0 Å². The van der Waals surface area contributed by atoms with Gasteiger partial charge in [-0.3, -0.25) is 0 Å². The van der Waals surface area contributed by atoms with E-state index in [1.165, 1.54) is 0 Å². The summed E-state index contributed by atoms with van der Waals surface area (Å²) in [5.74, 6) is -1.05. The Labute approximate surface area is 138 Å². The lowest BCUT2D eigenvalue weighted by atomic mass is 9.79. The molecule has 0 radical (unpaired) electrons. The summed E-state index contributed by atoms with van der Waals surface area (Å²) in [4.78, 5) is 23.3. The molecule has 128 valence electrons. The second-order valence-electron chi connectivity index (χ2n) is 6.38. The Balaban J connectivity index is 2.62. The molecule has 0 fully saturated rings. The highest BCUT2D eigenvalue weighted by Crippen LogP contribution is 2.28. The smallest absolute Gasteiger partial charge is 0.407 e. The molecule has 0 saturated heterocycles. The van der Waals surface area contributed by atoms with Gasteiger partial charge in [-0.2, -0.15) is 0 Å². The quantitative estimate of drug-likeness (QED) is 0.681. The molecule has 5 nitrogen and oxygen atoms in total. The van der Waals surface area contributed by atoms with Crippen molar-refractivity contribution in [1.82, 2.24) is 5.32 Å². The highest BCUT2D eigenvalue weighted by atomic mass is 16.5. The fourth-order valence-corrected chi connectivity index (χ4v) is 2.32. The molecule has 1 amide bonds. The molecule has 23 heavy (non-hydrogen) atoms. The van der Waals surface area contributed by atoms with E-state index in [2.05, 4.69) is 5.32 Å². The molecular weight excluding hydrogens is 294 g/mol. The number of nitrogens with one attached hydrogen (secondary N) is 1.